The highest BCUT2D eigenvalue weighted by atomic mass is 16.5. The zero-order valence-corrected chi connectivity index (χ0v) is 15.1. The van der Waals surface area contributed by atoms with Crippen LogP contribution in [0.1, 0.15) is 0 Å². The second kappa shape index (κ2) is 6.73. The Morgan fingerprint density at radius 2 is 1.75 bits per heavy atom. The number of benzene rings is 2. The van der Waals surface area contributed by atoms with Crippen molar-refractivity contribution in [2.45, 2.75) is 0 Å². The molecular weight excluding hydrogens is 364 g/mol. The van der Waals surface area contributed by atoms with Crippen LogP contribution in [0.4, 0.5) is 17.1 Å². The average Bonchev–Trinajstić information content (AvgIpc) is 2.72. The molecule has 0 saturated carbocycles. The van der Waals surface area contributed by atoms with Gasteiger partial charge in [-0.15, -0.1) is 0 Å². The number of carbonyl (C=O) groups is 1. The lowest BCUT2D eigenvalue weighted by atomic mass is 9.97. The quantitative estimate of drug-likeness (QED) is 0.653. The van der Waals surface area contributed by atoms with Gasteiger partial charge in [-0.2, -0.15) is 0 Å². The van der Waals surface area contributed by atoms with Gasteiger partial charge < -0.3 is 24.8 Å². The van der Waals surface area contributed by atoms with Gasteiger partial charge >= 0.3 is 0 Å². The summed E-state index contributed by atoms with van der Waals surface area (Å²) < 4.78 is 15.8. The standard InChI is InChI=1S/C20H16N2O6/c1-26-13-6-4-11(8-15(13)27-2)21-18-17(19(24)20(18)25)10-3-5-12-14(7-10)28-9-16(23)22-12/h3-8,21H,9H2,1-2H3,(H,22,23). The van der Waals surface area contributed by atoms with Gasteiger partial charge in [0.15, 0.2) is 18.1 Å². The van der Waals surface area contributed by atoms with Gasteiger partial charge in [-0.05, 0) is 29.8 Å². The summed E-state index contributed by atoms with van der Waals surface area (Å²) >= 11 is 0. The van der Waals surface area contributed by atoms with Gasteiger partial charge in [0, 0.05) is 11.8 Å². The highest BCUT2D eigenvalue weighted by Crippen LogP contribution is 2.36. The van der Waals surface area contributed by atoms with Crippen LogP contribution in [-0.2, 0) is 4.79 Å². The van der Waals surface area contributed by atoms with Crippen molar-refractivity contribution in [3.8, 4) is 28.4 Å². The third-order valence-electron chi connectivity index (χ3n) is 4.47. The molecule has 0 bridgehead atoms. The number of anilines is 3. The maximum absolute atomic E-state index is 12.2. The van der Waals surface area contributed by atoms with Crippen LogP contribution in [0.5, 0.6) is 17.2 Å². The predicted molar refractivity (Wildman–Crippen MR) is 104 cm³/mol. The molecule has 8 heteroatoms. The van der Waals surface area contributed by atoms with Gasteiger partial charge in [-0.1, -0.05) is 6.07 Å². The summed E-state index contributed by atoms with van der Waals surface area (Å²) in [5.41, 5.74) is 0.905. The predicted octanol–water partition coefficient (Wildman–Crippen LogP) is 2.04. The first-order valence-corrected chi connectivity index (χ1v) is 8.41. The van der Waals surface area contributed by atoms with Crippen LogP contribution in [-0.4, -0.2) is 26.7 Å². The van der Waals surface area contributed by atoms with E-state index in [0.29, 0.717) is 34.2 Å². The first kappa shape index (κ1) is 17.6. The third-order valence-corrected chi connectivity index (χ3v) is 4.47. The molecular formula is C20H16N2O6. The van der Waals surface area contributed by atoms with Crippen molar-refractivity contribution in [2.24, 2.45) is 0 Å². The largest absolute Gasteiger partial charge is 0.493 e. The molecule has 142 valence electrons. The Morgan fingerprint density at radius 1 is 0.964 bits per heavy atom. The summed E-state index contributed by atoms with van der Waals surface area (Å²) in [5, 5.41) is 5.67. The normalized spacial score (nSPS) is 12.7. The number of fused-ring (bicyclic) bond motifs is 1. The van der Waals surface area contributed by atoms with Crippen LogP contribution in [0.15, 0.2) is 46.0 Å². The zero-order chi connectivity index (χ0) is 19.8. The van der Waals surface area contributed by atoms with Crippen LogP contribution >= 0.6 is 0 Å². The molecule has 0 atom stereocenters. The second-order valence-corrected chi connectivity index (χ2v) is 6.15. The van der Waals surface area contributed by atoms with Gasteiger partial charge in [-0.25, -0.2) is 0 Å². The van der Waals surface area contributed by atoms with E-state index < -0.39 is 10.9 Å². The van der Waals surface area contributed by atoms with Crippen molar-refractivity contribution in [1.82, 2.24) is 0 Å². The van der Waals surface area contributed by atoms with Gasteiger partial charge in [0.2, 0.25) is 5.43 Å². The van der Waals surface area contributed by atoms with Gasteiger partial charge in [-0.3, -0.25) is 14.4 Å². The topological polar surface area (TPSA) is 103 Å². The van der Waals surface area contributed by atoms with E-state index in [-0.39, 0.29) is 23.8 Å². The average molecular weight is 380 g/mol. The Hall–Kier alpha value is -3.81. The van der Waals surface area contributed by atoms with Gasteiger partial charge in [0.05, 0.1) is 25.5 Å². The zero-order valence-electron chi connectivity index (χ0n) is 15.1. The van der Waals surface area contributed by atoms with E-state index in [1.54, 1.807) is 36.4 Å². The summed E-state index contributed by atoms with van der Waals surface area (Å²) in [4.78, 5) is 35.7. The molecule has 0 spiro atoms. The molecule has 1 aliphatic rings. The van der Waals surface area contributed by atoms with Crippen molar-refractivity contribution >= 4 is 23.0 Å². The molecule has 2 N–H and O–H groups in total. The number of hydrogen-bond donors (Lipinski definition) is 2. The highest BCUT2D eigenvalue weighted by Gasteiger charge is 2.25. The van der Waals surface area contributed by atoms with Gasteiger partial charge in [0.1, 0.15) is 11.4 Å². The number of nitrogens with one attached hydrogen (secondary N) is 2. The minimum atomic E-state index is -0.600. The lowest BCUT2D eigenvalue weighted by molar-refractivity contribution is -0.118. The smallest absolute Gasteiger partial charge is 0.262 e. The number of hydrogen-bond acceptors (Lipinski definition) is 7. The van der Waals surface area contributed by atoms with Crippen LogP contribution < -0.4 is 35.7 Å². The van der Waals surface area contributed by atoms with E-state index >= 15 is 0 Å². The lowest BCUT2D eigenvalue weighted by Crippen LogP contribution is -2.35. The molecule has 1 aliphatic heterocycles. The fourth-order valence-electron chi connectivity index (χ4n) is 3.07. The molecule has 0 aliphatic carbocycles. The second-order valence-electron chi connectivity index (χ2n) is 6.15. The molecule has 28 heavy (non-hydrogen) atoms. The van der Waals surface area contributed by atoms with Crippen LogP contribution in [0.3, 0.4) is 0 Å². The molecule has 3 aromatic rings. The maximum atomic E-state index is 12.2. The number of amides is 1. The van der Waals surface area contributed by atoms with Crippen molar-refractivity contribution < 1.29 is 19.0 Å². The van der Waals surface area contributed by atoms with Crippen molar-refractivity contribution in [2.75, 3.05) is 31.5 Å². The molecule has 0 aromatic heterocycles. The van der Waals surface area contributed by atoms with Crippen molar-refractivity contribution in [3.05, 3.63) is 56.8 Å². The number of ether oxygens (including phenoxy) is 3. The Balaban J connectivity index is 1.69. The molecule has 0 saturated heterocycles. The number of methoxy groups -OCH3 is 2. The van der Waals surface area contributed by atoms with Crippen LogP contribution in [0.25, 0.3) is 11.1 Å². The third kappa shape index (κ3) is 2.84. The summed E-state index contributed by atoms with van der Waals surface area (Å²) in [6, 6.07) is 10.0. The number of carbonyl (C=O) groups excluding carboxylic acids is 1. The van der Waals surface area contributed by atoms with E-state index in [0.717, 1.165) is 0 Å². The Bertz CT molecular complexity index is 1160. The SMILES string of the molecule is COc1ccc(Nc2c(-c3ccc4c(c3)OCC(=O)N4)c(=O)c2=O)cc1OC. The molecule has 1 amide bonds. The summed E-state index contributed by atoms with van der Waals surface area (Å²) in [7, 11) is 3.04. The van der Waals surface area contributed by atoms with E-state index in [4.69, 9.17) is 14.2 Å². The van der Waals surface area contributed by atoms with Crippen LogP contribution in [0.2, 0.25) is 0 Å². The fourth-order valence-corrected chi connectivity index (χ4v) is 3.07. The monoisotopic (exact) mass is 380 g/mol. The minimum absolute atomic E-state index is 0.0981. The molecule has 0 radical (unpaired) electrons. The summed E-state index contributed by atoms with van der Waals surface area (Å²) in [5.74, 6) is 1.24. The first-order valence-electron chi connectivity index (χ1n) is 8.41. The Morgan fingerprint density at radius 3 is 2.50 bits per heavy atom. The molecule has 4 rings (SSSR count). The van der Waals surface area contributed by atoms with Crippen molar-refractivity contribution in [3.63, 3.8) is 0 Å². The Kier molecular flexibility index (Phi) is 4.23. The lowest BCUT2D eigenvalue weighted by Gasteiger charge is -2.20. The van der Waals surface area contributed by atoms with Crippen LogP contribution in [0, 0.1) is 0 Å². The van der Waals surface area contributed by atoms with E-state index in [9.17, 15) is 14.4 Å². The van der Waals surface area contributed by atoms with Gasteiger partial charge in [0.25, 0.3) is 11.3 Å². The maximum Gasteiger partial charge on any atom is 0.262 e. The minimum Gasteiger partial charge on any atom is -0.493 e. The molecule has 0 unspecified atom stereocenters. The van der Waals surface area contributed by atoms with Crippen molar-refractivity contribution in [1.29, 1.82) is 0 Å². The highest BCUT2D eigenvalue weighted by molar-refractivity contribution is 5.96. The molecule has 1 heterocycles. The molecule has 8 nitrogen and oxygen atoms in total. The van der Waals surface area contributed by atoms with E-state index in [1.807, 2.05) is 0 Å². The summed E-state index contributed by atoms with van der Waals surface area (Å²) in [6.45, 7) is -0.0981. The summed E-state index contributed by atoms with van der Waals surface area (Å²) in [6.07, 6.45) is 0. The Labute approximate surface area is 159 Å². The molecule has 0 fully saturated rings. The fraction of sp³-hybridized carbons (Fsp3) is 0.150. The number of rotatable bonds is 5. The molecule has 3 aromatic carbocycles. The van der Waals surface area contributed by atoms with E-state index in [2.05, 4.69) is 10.6 Å². The first-order chi connectivity index (χ1) is 13.5. The van der Waals surface area contributed by atoms with E-state index in [1.165, 1.54) is 14.2 Å².